The van der Waals surface area contributed by atoms with E-state index in [4.69, 9.17) is 14.7 Å². The second kappa shape index (κ2) is 6.63. The minimum atomic E-state index is -0.536. The molecule has 0 aromatic carbocycles. The minimum absolute atomic E-state index is 0.0965. The number of hydroxylamine groups is 2. The van der Waals surface area contributed by atoms with E-state index in [1.54, 1.807) is 20.8 Å². The molecule has 0 rings (SSSR count). The predicted octanol–water partition coefficient (Wildman–Crippen LogP) is 1.56. The molecule has 0 bridgehead atoms. The Morgan fingerprint density at radius 1 is 1.40 bits per heavy atom. The summed E-state index contributed by atoms with van der Waals surface area (Å²) in [6.07, 6.45) is 0.253. The Labute approximate surface area is 90.9 Å². The summed E-state index contributed by atoms with van der Waals surface area (Å²) in [5, 5.41) is 9.73. The van der Waals surface area contributed by atoms with Crippen molar-refractivity contribution < 1.29 is 19.5 Å². The third-order valence-electron chi connectivity index (χ3n) is 1.36. The Balaban J connectivity index is 4.15. The third kappa shape index (κ3) is 7.16. The van der Waals surface area contributed by atoms with Crippen LogP contribution in [0.25, 0.3) is 0 Å². The van der Waals surface area contributed by atoms with Gasteiger partial charge in [0.1, 0.15) is 5.60 Å². The van der Waals surface area contributed by atoms with E-state index in [0.29, 0.717) is 6.54 Å². The first-order chi connectivity index (χ1) is 6.90. The maximum Gasteiger partial charge on any atom is 0.434 e. The number of amides is 1. The highest BCUT2D eigenvalue weighted by Crippen LogP contribution is 2.10. The maximum absolute atomic E-state index is 11.6. The molecule has 0 spiro atoms. The molecule has 5 nitrogen and oxygen atoms in total. The second-order valence-electron chi connectivity index (χ2n) is 4.14. The summed E-state index contributed by atoms with van der Waals surface area (Å²) in [5.41, 5.74) is -0.536. The van der Waals surface area contributed by atoms with Gasteiger partial charge < -0.3 is 9.84 Å². The Hall–Kier alpha value is -0.810. The summed E-state index contributed by atoms with van der Waals surface area (Å²) in [6, 6.07) is 0. The zero-order valence-corrected chi connectivity index (χ0v) is 9.95. The van der Waals surface area contributed by atoms with E-state index in [1.807, 2.05) is 6.92 Å². The molecule has 15 heavy (non-hydrogen) atoms. The zero-order chi connectivity index (χ0) is 11.9. The number of hydrogen-bond donors (Lipinski definition) is 1. The molecule has 0 saturated heterocycles. The van der Waals surface area contributed by atoms with Gasteiger partial charge in [0.05, 0.1) is 19.8 Å². The number of rotatable bonds is 5. The van der Waals surface area contributed by atoms with E-state index in [1.165, 1.54) is 0 Å². The van der Waals surface area contributed by atoms with Gasteiger partial charge in [0.15, 0.2) is 0 Å². The summed E-state index contributed by atoms with van der Waals surface area (Å²) in [5.74, 6) is 0. The molecule has 5 heteroatoms. The Kier molecular flexibility index (Phi) is 6.27. The van der Waals surface area contributed by atoms with Crippen molar-refractivity contribution >= 4 is 6.09 Å². The fourth-order valence-corrected chi connectivity index (χ4v) is 0.875. The van der Waals surface area contributed by atoms with Crippen molar-refractivity contribution in [2.45, 2.75) is 39.7 Å². The number of nitrogens with zero attached hydrogens (tertiary/aromatic N) is 1. The Morgan fingerprint density at radius 3 is 2.40 bits per heavy atom. The van der Waals surface area contributed by atoms with Gasteiger partial charge in [-0.25, -0.2) is 4.79 Å². The van der Waals surface area contributed by atoms with E-state index < -0.39 is 11.7 Å². The first kappa shape index (κ1) is 14.2. The fraction of sp³-hybridized carbons (Fsp3) is 0.900. The molecule has 0 aromatic rings. The molecule has 0 fully saturated rings. The van der Waals surface area contributed by atoms with Gasteiger partial charge in [0.25, 0.3) is 0 Å². The van der Waals surface area contributed by atoms with Crippen molar-refractivity contribution in [3.8, 4) is 0 Å². The Bertz CT molecular complexity index is 188. The summed E-state index contributed by atoms with van der Waals surface area (Å²) in [6.45, 7) is 7.74. The maximum atomic E-state index is 11.6. The molecule has 1 amide bonds. The molecule has 0 radical (unpaired) electrons. The van der Waals surface area contributed by atoms with Crippen molar-refractivity contribution in [1.29, 1.82) is 0 Å². The second-order valence-corrected chi connectivity index (χ2v) is 4.14. The highest BCUT2D eigenvalue weighted by atomic mass is 16.7. The van der Waals surface area contributed by atoms with Crippen LogP contribution in [0, 0.1) is 0 Å². The predicted molar refractivity (Wildman–Crippen MR) is 56.3 cm³/mol. The van der Waals surface area contributed by atoms with Gasteiger partial charge in [-0.2, -0.15) is 5.06 Å². The van der Waals surface area contributed by atoms with Crippen LogP contribution in [-0.2, 0) is 9.57 Å². The lowest BCUT2D eigenvalue weighted by molar-refractivity contribution is -0.153. The summed E-state index contributed by atoms with van der Waals surface area (Å²) >= 11 is 0. The number of carbonyl (C=O) groups is 1. The molecular formula is C10H21NO4. The highest BCUT2D eigenvalue weighted by molar-refractivity contribution is 5.66. The normalized spacial score (nSPS) is 11.3. The summed E-state index contributed by atoms with van der Waals surface area (Å²) < 4.78 is 5.13. The lowest BCUT2D eigenvalue weighted by Gasteiger charge is -2.26. The molecule has 0 atom stereocenters. The van der Waals surface area contributed by atoms with E-state index in [-0.39, 0.29) is 13.2 Å². The molecular weight excluding hydrogens is 198 g/mol. The van der Waals surface area contributed by atoms with Gasteiger partial charge in [0.2, 0.25) is 0 Å². The number of carbonyl (C=O) groups excluding carboxylic acids is 1. The largest absolute Gasteiger partial charge is 0.442 e. The zero-order valence-electron chi connectivity index (χ0n) is 9.95. The number of ether oxygens (including phenoxy) is 1. The smallest absolute Gasteiger partial charge is 0.434 e. The van der Waals surface area contributed by atoms with Crippen LogP contribution >= 0.6 is 0 Å². The number of hydrogen-bond acceptors (Lipinski definition) is 4. The van der Waals surface area contributed by atoms with Gasteiger partial charge in [-0.15, -0.1) is 0 Å². The molecule has 0 aromatic heterocycles. The van der Waals surface area contributed by atoms with Gasteiger partial charge in [0, 0.05) is 0 Å². The van der Waals surface area contributed by atoms with Crippen molar-refractivity contribution in [1.82, 2.24) is 5.06 Å². The lowest BCUT2D eigenvalue weighted by Crippen LogP contribution is -2.37. The van der Waals surface area contributed by atoms with Gasteiger partial charge >= 0.3 is 6.09 Å². The SMILES string of the molecule is CCCN(OCCO)C(=O)OC(C)(C)C. The first-order valence-electron chi connectivity index (χ1n) is 5.15. The molecule has 0 heterocycles. The van der Waals surface area contributed by atoms with Crippen molar-refractivity contribution in [2.75, 3.05) is 19.8 Å². The van der Waals surface area contributed by atoms with Gasteiger partial charge in [-0.1, -0.05) is 6.92 Å². The highest BCUT2D eigenvalue weighted by Gasteiger charge is 2.22. The van der Waals surface area contributed by atoms with Crippen molar-refractivity contribution in [3.05, 3.63) is 0 Å². The minimum Gasteiger partial charge on any atom is -0.442 e. The van der Waals surface area contributed by atoms with E-state index >= 15 is 0 Å². The van der Waals surface area contributed by atoms with E-state index in [2.05, 4.69) is 0 Å². The standard InChI is InChI=1S/C10H21NO4/c1-5-6-11(14-8-7-12)9(13)15-10(2,3)4/h12H,5-8H2,1-4H3. The fourth-order valence-electron chi connectivity index (χ4n) is 0.875. The van der Waals surface area contributed by atoms with Crippen LogP contribution < -0.4 is 0 Å². The molecule has 0 aliphatic carbocycles. The van der Waals surface area contributed by atoms with Crippen LogP contribution in [0.4, 0.5) is 4.79 Å². The molecule has 0 aliphatic rings. The molecule has 1 N–H and O–H groups in total. The van der Waals surface area contributed by atoms with Crippen LogP contribution in [0.2, 0.25) is 0 Å². The van der Waals surface area contributed by atoms with Crippen LogP contribution in [-0.4, -0.2) is 41.6 Å². The van der Waals surface area contributed by atoms with Crippen LogP contribution in [0.1, 0.15) is 34.1 Å². The number of aliphatic hydroxyl groups excluding tert-OH is 1. The molecule has 0 saturated carbocycles. The van der Waals surface area contributed by atoms with Gasteiger partial charge in [-0.3, -0.25) is 4.84 Å². The van der Waals surface area contributed by atoms with Crippen molar-refractivity contribution in [2.24, 2.45) is 0 Å². The average Bonchev–Trinajstić information content (AvgIpc) is 2.09. The quantitative estimate of drug-likeness (QED) is 0.713. The third-order valence-corrected chi connectivity index (χ3v) is 1.36. The van der Waals surface area contributed by atoms with Crippen molar-refractivity contribution in [3.63, 3.8) is 0 Å². The Morgan fingerprint density at radius 2 is 2.00 bits per heavy atom. The molecule has 0 aliphatic heterocycles. The summed E-state index contributed by atoms with van der Waals surface area (Å²) in [7, 11) is 0. The number of aliphatic hydroxyl groups is 1. The van der Waals surface area contributed by atoms with Gasteiger partial charge in [-0.05, 0) is 27.2 Å². The summed E-state index contributed by atoms with van der Waals surface area (Å²) in [4.78, 5) is 16.6. The average molecular weight is 219 g/mol. The first-order valence-corrected chi connectivity index (χ1v) is 5.15. The van der Waals surface area contributed by atoms with E-state index in [0.717, 1.165) is 11.5 Å². The van der Waals surface area contributed by atoms with E-state index in [9.17, 15) is 4.79 Å². The topological polar surface area (TPSA) is 59.0 Å². The van der Waals surface area contributed by atoms with Crippen LogP contribution in [0.15, 0.2) is 0 Å². The van der Waals surface area contributed by atoms with Crippen LogP contribution in [0.5, 0.6) is 0 Å². The van der Waals surface area contributed by atoms with Crippen LogP contribution in [0.3, 0.4) is 0 Å². The molecule has 0 unspecified atom stereocenters. The monoisotopic (exact) mass is 219 g/mol. The lowest BCUT2D eigenvalue weighted by atomic mass is 10.2. The molecule has 90 valence electrons.